The van der Waals surface area contributed by atoms with E-state index in [4.69, 9.17) is 9.47 Å². The summed E-state index contributed by atoms with van der Waals surface area (Å²) in [4.78, 5) is 38.2. The standard InChI is InChI=1S/C22H27N3O5/c1-4-25(5-2)19-12-10-17(11-13-19)21(27)24-23-20(26)15-30-22(28)18-8-6-16(7-9-18)14-29-3/h6-13H,4-5,14-15H2,1-3H3,(H,23,26)(H,24,27). The van der Waals surface area contributed by atoms with Crippen molar-refractivity contribution in [3.63, 3.8) is 0 Å². The maximum absolute atomic E-state index is 12.2. The Kier molecular flexibility index (Phi) is 8.83. The van der Waals surface area contributed by atoms with Crippen LogP contribution in [0.25, 0.3) is 0 Å². The first-order valence-corrected chi connectivity index (χ1v) is 9.67. The third kappa shape index (κ3) is 6.59. The van der Waals surface area contributed by atoms with Crippen molar-refractivity contribution in [1.82, 2.24) is 10.9 Å². The van der Waals surface area contributed by atoms with Crippen LogP contribution in [0.5, 0.6) is 0 Å². The Morgan fingerprint density at radius 3 is 2.03 bits per heavy atom. The van der Waals surface area contributed by atoms with Gasteiger partial charge in [-0.05, 0) is 55.8 Å². The van der Waals surface area contributed by atoms with Gasteiger partial charge in [-0.25, -0.2) is 4.79 Å². The monoisotopic (exact) mass is 413 g/mol. The van der Waals surface area contributed by atoms with Gasteiger partial charge in [-0.2, -0.15) is 0 Å². The lowest BCUT2D eigenvalue weighted by atomic mass is 10.1. The fourth-order valence-corrected chi connectivity index (χ4v) is 2.77. The molecule has 0 spiro atoms. The van der Waals surface area contributed by atoms with Crippen LogP contribution in [0.2, 0.25) is 0 Å². The van der Waals surface area contributed by atoms with Gasteiger partial charge in [0, 0.05) is 31.5 Å². The molecule has 2 aromatic rings. The lowest BCUT2D eigenvalue weighted by Crippen LogP contribution is -2.43. The fraction of sp³-hybridized carbons (Fsp3) is 0.318. The zero-order valence-electron chi connectivity index (χ0n) is 17.4. The van der Waals surface area contributed by atoms with Crippen molar-refractivity contribution in [3.8, 4) is 0 Å². The summed E-state index contributed by atoms with van der Waals surface area (Å²) in [6.07, 6.45) is 0. The highest BCUT2D eigenvalue weighted by Crippen LogP contribution is 2.14. The lowest BCUT2D eigenvalue weighted by Gasteiger charge is -2.21. The summed E-state index contributed by atoms with van der Waals surface area (Å²) in [5.41, 5.74) is 7.19. The predicted molar refractivity (Wildman–Crippen MR) is 113 cm³/mol. The third-order valence-corrected chi connectivity index (χ3v) is 4.41. The molecule has 0 aliphatic rings. The van der Waals surface area contributed by atoms with E-state index in [-0.39, 0.29) is 0 Å². The second-order valence-corrected chi connectivity index (χ2v) is 6.43. The first-order chi connectivity index (χ1) is 14.5. The van der Waals surface area contributed by atoms with E-state index in [1.54, 1.807) is 43.5 Å². The smallest absolute Gasteiger partial charge is 0.338 e. The second-order valence-electron chi connectivity index (χ2n) is 6.43. The van der Waals surface area contributed by atoms with Gasteiger partial charge in [0.15, 0.2) is 6.61 Å². The van der Waals surface area contributed by atoms with Gasteiger partial charge in [0.1, 0.15) is 0 Å². The number of benzene rings is 2. The molecule has 0 unspecified atom stereocenters. The Labute approximate surface area is 176 Å². The number of carbonyl (C=O) groups excluding carboxylic acids is 3. The minimum absolute atomic E-state index is 0.319. The molecular formula is C22H27N3O5. The van der Waals surface area contributed by atoms with Gasteiger partial charge in [-0.3, -0.25) is 20.4 Å². The first kappa shape index (κ1) is 22.9. The van der Waals surface area contributed by atoms with Crippen molar-refractivity contribution in [1.29, 1.82) is 0 Å². The Bertz CT molecular complexity index is 846. The summed E-state index contributed by atoms with van der Waals surface area (Å²) < 4.78 is 9.96. The highest BCUT2D eigenvalue weighted by atomic mass is 16.5. The average Bonchev–Trinajstić information content (AvgIpc) is 2.78. The van der Waals surface area contributed by atoms with Crippen LogP contribution in [-0.4, -0.2) is 44.6 Å². The molecule has 8 heteroatoms. The maximum Gasteiger partial charge on any atom is 0.338 e. The van der Waals surface area contributed by atoms with Gasteiger partial charge in [0.05, 0.1) is 12.2 Å². The van der Waals surface area contributed by atoms with Crippen LogP contribution in [0, 0.1) is 0 Å². The summed E-state index contributed by atoms with van der Waals surface area (Å²) in [7, 11) is 1.58. The molecule has 2 rings (SSSR count). The number of esters is 1. The fourth-order valence-electron chi connectivity index (χ4n) is 2.77. The normalized spacial score (nSPS) is 10.2. The number of carbonyl (C=O) groups is 3. The van der Waals surface area contributed by atoms with E-state index in [0.717, 1.165) is 24.3 Å². The molecule has 0 aliphatic heterocycles. The highest BCUT2D eigenvalue weighted by molar-refractivity contribution is 5.96. The number of nitrogens with zero attached hydrogens (tertiary/aromatic N) is 1. The molecule has 30 heavy (non-hydrogen) atoms. The number of ether oxygens (including phenoxy) is 2. The number of methoxy groups -OCH3 is 1. The Morgan fingerprint density at radius 1 is 0.867 bits per heavy atom. The van der Waals surface area contributed by atoms with Crippen molar-refractivity contribution >= 4 is 23.5 Å². The molecule has 0 aliphatic carbocycles. The number of hydrogen-bond acceptors (Lipinski definition) is 6. The summed E-state index contributed by atoms with van der Waals surface area (Å²) in [5.74, 6) is -1.74. The molecule has 0 heterocycles. The van der Waals surface area contributed by atoms with Gasteiger partial charge in [0.2, 0.25) is 0 Å². The van der Waals surface area contributed by atoms with E-state index < -0.39 is 24.4 Å². The summed E-state index contributed by atoms with van der Waals surface area (Å²) in [6, 6.07) is 13.7. The molecule has 0 bridgehead atoms. The number of anilines is 1. The molecule has 0 radical (unpaired) electrons. The predicted octanol–water partition coefficient (Wildman–Crippen LogP) is 2.30. The van der Waals surface area contributed by atoms with Gasteiger partial charge in [0.25, 0.3) is 11.8 Å². The molecule has 0 saturated heterocycles. The van der Waals surface area contributed by atoms with Crippen LogP contribution in [0.4, 0.5) is 5.69 Å². The van der Waals surface area contributed by atoms with Crippen molar-refractivity contribution in [2.24, 2.45) is 0 Å². The number of rotatable bonds is 9. The quantitative estimate of drug-likeness (QED) is 0.484. The van der Waals surface area contributed by atoms with Crippen molar-refractivity contribution < 1.29 is 23.9 Å². The van der Waals surface area contributed by atoms with Crippen molar-refractivity contribution in [3.05, 3.63) is 65.2 Å². The topological polar surface area (TPSA) is 97.0 Å². The zero-order valence-corrected chi connectivity index (χ0v) is 17.4. The molecule has 2 amide bonds. The van der Waals surface area contributed by atoms with Gasteiger partial charge < -0.3 is 14.4 Å². The molecule has 0 saturated carbocycles. The third-order valence-electron chi connectivity index (χ3n) is 4.41. The van der Waals surface area contributed by atoms with E-state index in [9.17, 15) is 14.4 Å². The highest BCUT2D eigenvalue weighted by Gasteiger charge is 2.12. The molecule has 0 atom stereocenters. The minimum atomic E-state index is -0.646. The molecule has 2 N–H and O–H groups in total. The molecule has 0 aromatic heterocycles. The number of hydrogen-bond donors (Lipinski definition) is 2. The Morgan fingerprint density at radius 2 is 1.47 bits per heavy atom. The molecule has 8 nitrogen and oxygen atoms in total. The summed E-state index contributed by atoms with van der Waals surface area (Å²) in [6.45, 7) is 5.78. The SMILES string of the molecule is CCN(CC)c1ccc(C(=O)NNC(=O)COC(=O)c2ccc(COC)cc2)cc1. The molecule has 0 fully saturated rings. The van der Waals surface area contributed by atoms with E-state index in [2.05, 4.69) is 29.6 Å². The van der Waals surface area contributed by atoms with Crippen LogP contribution >= 0.6 is 0 Å². The van der Waals surface area contributed by atoms with Crippen LogP contribution < -0.4 is 15.8 Å². The van der Waals surface area contributed by atoms with E-state index >= 15 is 0 Å². The van der Waals surface area contributed by atoms with E-state index in [0.29, 0.717) is 17.7 Å². The largest absolute Gasteiger partial charge is 0.452 e. The summed E-state index contributed by atoms with van der Waals surface area (Å²) >= 11 is 0. The van der Waals surface area contributed by atoms with Crippen molar-refractivity contribution in [2.75, 3.05) is 31.7 Å². The maximum atomic E-state index is 12.2. The number of hydrazine groups is 1. The Hall–Kier alpha value is -3.39. The molecule has 160 valence electrons. The van der Waals surface area contributed by atoms with Crippen LogP contribution in [0.3, 0.4) is 0 Å². The van der Waals surface area contributed by atoms with Crippen LogP contribution in [0.1, 0.15) is 40.1 Å². The number of nitrogens with one attached hydrogen (secondary N) is 2. The lowest BCUT2D eigenvalue weighted by molar-refractivity contribution is -0.125. The van der Waals surface area contributed by atoms with Crippen LogP contribution in [0.15, 0.2) is 48.5 Å². The second kappa shape index (κ2) is 11.6. The number of amides is 2. The zero-order chi connectivity index (χ0) is 21.9. The summed E-state index contributed by atoms with van der Waals surface area (Å²) in [5, 5.41) is 0. The Balaban J connectivity index is 1.78. The minimum Gasteiger partial charge on any atom is -0.452 e. The average molecular weight is 413 g/mol. The van der Waals surface area contributed by atoms with Gasteiger partial charge >= 0.3 is 5.97 Å². The molecular weight excluding hydrogens is 386 g/mol. The van der Waals surface area contributed by atoms with Crippen LogP contribution in [-0.2, 0) is 20.9 Å². The van der Waals surface area contributed by atoms with Gasteiger partial charge in [-0.15, -0.1) is 0 Å². The van der Waals surface area contributed by atoms with Crippen molar-refractivity contribution in [2.45, 2.75) is 20.5 Å². The molecule has 2 aromatic carbocycles. The van der Waals surface area contributed by atoms with E-state index in [1.807, 2.05) is 12.1 Å². The van der Waals surface area contributed by atoms with Gasteiger partial charge in [-0.1, -0.05) is 12.1 Å². The first-order valence-electron chi connectivity index (χ1n) is 9.67. The van der Waals surface area contributed by atoms with E-state index in [1.165, 1.54) is 0 Å².